The fourth-order valence-corrected chi connectivity index (χ4v) is 4.27. The standard InChI is InChI=1S/C26H31N7O2/c1-17(2)22-15-28-33-24(22)30-25(29-21-10-12-35-13-11-21)31-26(33)27-14-18-4-6-19(7-5-18)20-8-9-23(34)32(3)16-20/h4-9,15-17,21H,10-14H2,1-3H3,(H2,27,29,30,31). The summed E-state index contributed by atoms with van der Waals surface area (Å²) in [6.45, 7) is 6.38. The fraction of sp³-hybridized carbons (Fsp3) is 0.385. The molecule has 0 bridgehead atoms. The van der Waals surface area contributed by atoms with Crippen LogP contribution in [-0.4, -0.2) is 43.4 Å². The first-order valence-corrected chi connectivity index (χ1v) is 12.1. The van der Waals surface area contributed by atoms with E-state index < -0.39 is 0 Å². The number of hydrogen-bond acceptors (Lipinski definition) is 7. The molecule has 0 amide bonds. The largest absolute Gasteiger partial charge is 0.381 e. The number of nitrogens with zero attached hydrogens (tertiary/aromatic N) is 5. The van der Waals surface area contributed by atoms with E-state index in [-0.39, 0.29) is 5.56 Å². The lowest BCUT2D eigenvalue weighted by Gasteiger charge is -2.23. The maximum Gasteiger partial charge on any atom is 0.250 e. The van der Waals surface area contributed by atoms with Crippen molar-refractivity contribution in [2.24, 2.45) is 7.05 Å². The molecule has 5 rings (SSSR count). The van der Waals surface area contributed by atoms with Crippen LogP contribution in [0.15, 0.2) is 53.6 Å². The molecule has 182 valence electrons. The molecule has 1 saturated heterocycles. The molecule has 0 spiro atoms. The van der Waals surface area contributed by atoms with E-state index in [2.05, 4.69) is 53.8 Å². The second-order valence-electron chi connectivity index (χ2n) is 9.31. The van der Waals surface area contributed by atoms with Crippen molar-refractivity contribution in [2.45, 2.75) is 45.2 Å². The third-order valence-corrected chi connectivity index (χ3v) is 6.40. The van der Waals surface area contributed by atoms with E-state index in [0.29, 0.717) is 30.4 Å². The summed E-state index contributed by atoms with van der Waals surface area (Å²) in [5, 5.41) is 11.5. The van der Waals surface area contributed by atoms with Crippen molar-refractivity contribution >= 4 is 17.5 Å². The zero-order valence-electron chi connectivity index (χ0n) is 20.4. The highest BCUT2D eigenvalue weighted by molar-refractivity contribution is 5.62. The average molecular weight is 474 g/mol. The SMILES string of the molecule is CC(C)c1cnn2c(NCc3ccc(-c4ccc(=O)n(C)c4)cc3)nc(NC3CCOCC3)nc12. The third kappa shape index (κ3) is 5.05. The van der Waals surface area contributed by atoms with Gasteiger partial charge in [-0.1, -0.05) is 38.1 Å². The van der Waals surface area contributed by atoms with Crippen molar-refractivity contribution < 1.29 is 4.74 Å². The lowest BCUT2D eigenvalue weighted by atomic mass is 10.1. The van der Waals surface area contributed by atoms with Crippen molar-refractivity contribution in [3.8, 4) is 11.1 Å². The first kappa shape index (κ1) is 23.0. The van der Waals surface area contributed by atoms with Crippen LogP contribution in [-0.2, 0) is 18.3 Å². The van der Waals surface area contributed by atoms with Gasteiger partial charge in [-0.05, 0) is 41.5 Å². The first-order chi connectivity index (χ1) is 17.0. The van der Waals surface area contributed by atoms with Crippen LogP contribution < -0.4 is 16.2 Å². The van der Waals surface area contributed by atoms with E-state index in [1.54, 1.807) is 22.2 Å². The van der Waals surface area contributed by atoms with Crippen LogP contribution in [0.4, 0.5) is 11.9 Å². The van der Waals surface area contributed by atoms with E-state index >= 15 is 0 Å². The normalized spacial score (nSPS) is 14.5. The second-order valence-corrected chi connectivity index (χ2v) is 9.31. The van der Waals surface area contributed by atoms with Gasteiger partial charge in [0.2, 0.25) is 17.5 Å². The summed E-state index contributed by atoms with van der Waals surface area (Å²) in [6.07, 6.45) is 5.61. The molecule has 4 aromatic rings. The lowest BCUT2D eigenvalue weighted by Crippen LogP contribution is -2.29. The minimum atomic E-state index is -0.0179. The van der Waals surface area contributed by atoms with Gasteiger partial charge in [-0.15, -0.1) is 0 Å². The number of fused-ring (bicyclic) bond motifs is 1. The number of hydrogen-bond donors (Lipinski definition) is 2. The second kappa shape index (κ2) is 9.87. The van der Waals surface area contributed by atoms with Crippen molar-refractivity contribution in [2.75, 3.05) is 23.8 Å². The summed E-state index contributed by atoms with van der Waals surface area (Å²) >= 11 is 0. The fourth-order valence-electron chi connectivity index (χ4n) is 4.27. The van der Waals surface area contributed by atoms with Crippen molar-refractivity contribution in [1.82, 2.24) is 24.1 Å². The third-order valence-electron chi connectivity index (χ3n) is 6.40. The minimum absolute atomic E-state index is 0.0179. The van der Waals surface area contributed by atoms with Crippen LogP contribution in [0, 0.1) is 0 Å². The Morgan fingerprint density at radius 2 is 1.80 bits per heavy atom. The van der Waals surface area contributed by atoms with Crippen molar-refractivity contribution in [3.63, 3.8) is 0 Å². The predicted molar refractivity (Wildman–Crippen MR) is 137 cm³/mol. The highest BCUT2D eigenvalue weighted by Gasteiger charge is 2.19. The van der Waals surface area contributed by atoms with E-state index in [1.807, 2.05) is 18.5 Å². The predicted octanol–water partition coefficient (Wildman–Crippen LogP) is 3.82. The zero-order valence-corrected chi connectivity index (χ0v) is 20.4. The average Bonchev–Trinajstić information content (AvgIpc) is 3.30. The molecule has 1 aliphatic rings. The molecule has 9 heteroatoms. The molecule has 4 heterocycles. The van der Waals surface area contributed by atoms with Crippen LogP contribution in [0.25, 0.3) is 16.8 Å². The molecule has 0 aliphatic carbocycles. The maximum absolute atomic E-state index is 11.7. The van der Waals surface area contributed by atoms with Gasteiger partial charge in [-0.25, -0.2) is 0 Å². The maximum atomic E-state index is 11.7. The Bertz CT molecular complexity index is 1370. The highest BCUT2D eigenvalue weighted by atomic mass is 16.5. The first-order valence-electron chi connectivity index (χ1n) is 12.1. The Hall–Kier alpha value is -3.72. The molecule has 3 aromatic heterocycles. The Labute approximate surface area is 204 Å². The number of pyridine rings is 1. The summed E-state index contributed by atoms with van der Waals surface area (Å²) in [5.41, 5.74) is 5.07. The van der Waals surface area contributed by atoms with E-state index in [9.17, 15) is 4.79 Å². The summed E-state index contributed by atoms with van der Waals surface area (Å²) in [7, 11) is 1.76. The zero-order chi connectivity index (χ0) is 24.4. The van der Waals surface area contributed by atoms with Crippen LogP contribution in [0.2, 0.25) is 0 Å². The Balaban J connectivity index is 1.37. The Kier molecular flexibility index (Phi) is 6.50. The highest BCUT2D eigenvalue weighted by Crippen LogP contribution is 2.24. The molecule has 0 unspecified atom stereocenters. The monoisotopic (exact) mass is 473 g/mol. The minimum Gasteiger partial charge on any atom is -0.381 e. The van der Waals surface area contributed by atoms with Crippen molar-refractivity contribution in [1.29, 1.82) is 0 Å². The molecule has 0 atom stereocenters. The smallest absolute Gasteiger partial charge is 0.250 e. The molecule has 2 N–H and O–H groups in total. The molecular weight excluding hydrogens is 442 g/mol. The van der Waals surface area contributed by atoms with Gasteiger partial charge < -0.3 is 19.9 Å². The van der Waals surface area contributed by atoms with Gasteiger partial charge >= 0.3 is 0 Å². The number of nitrogens with one attached hydrogen (secondary N) is 2. The molecule has 0 radical (unpaired) electrons. The summed E-state index contributed by atoms with van der Waals surface area (Å²) in [5.74, 6) is 1.56. The van der Waals surface area contributed by atoms with Gasteiger partial charge in [-0.2, -0.15) is 19.6 Å². The Morgan fingerprint density at radius 1 is 1.06 bits per heavy atom. The van der Waals surface area contributed by atoms with Gasteiger partial charge in [0.15, 0.2) is 5.65 Å². The molecule has 35 heavy (non-hydrogen) atoms. The molecule has 1 aromatic carbocycles. The molecular formula is C26H31N7O2. The molecule has 1 fully saturated rings. The number of rotatable bonds is 7. The summed E-state index contributed by atoms with van der Waals surface area (Å²) in [6, 6.07) is 12.0. The molecule has 9 nitrogen and oxygen atoms in total. The van der Waals surface area contributed by atoms with E-state index in [0.717, 1.165) is 54.0 Å². The van der Waals surface area contributed by atoms with Crippen LogP contribution in [0.5, 0.6) is 0 Å². The number of anilines is 2. The number of benzene rings is 1. The van der Waals surface area contributed by atoms with E-state index in [4.69, 9.17) is 14.7 Å². The summed E-state index contributed by atoms with van der Waals surface area (Å²) < 4.78 is 8.85. The van der Waals surface area contributed by atoms with Gasteiger partial charge in [-0.3, -0.25) is 4.79 Å². The number of aryl methyl sites for hydroxylation is 1. The van der Waals surface area contributed by atoms with Gasteiger partial charge in [0.25, 0.3) is 0 Å². The van der Waals surface area contributed by atoms with Crippen molar-refractivity contribution in [3.05, 3.63) is 70.3 Å². The summed E-state index contributed by atoms with van der Waals surface area (Å²) in [4.78, 5) is 21.2. The van der Waals surface area contributed by atoms with Crippen LogP contribution in [0.3, 0.4) is 0 Å². The van der Waals surface area contributed by atoms with Crippen LogP contribution >= 0.6 is 0 Å². The topological polar surface area (TPSA) is 98.4 Å². The van der Waals surface area contributed by atoms with E-state index in [1.165, 1.54) is 0 Å². The quantitative estimate of drug-likeness (QED) is 0.421. The number of ether oxygens (including phenoxy) is 1. The van der Waals surface area contributed by atoms with Gasteiger partial charge in [0.05, 0.1) is 6.20 Å². The Morgan fingerprint density at radius 3 is 2.51 bits per heavy atom. The lowest BCUT2D eigenvalue weighted by molar-refractivity contribution is 0.0903. The van der Waals surface area contributed by atoms with Gasteiger partial charge in [0.1, 0.15) is 0 Å². The van der Waals surface area contributed by atoms with Gasteiger partial charge in [0, 0.05) is 50.7 Å². The van der Waals surface area contributed by atoms with Crippen LogP contribution in [0.1, 0.15) is 43.7 Å². The number of aromatic nitrogens is 5. The molecule has 1 aliphatic heterocycles. The molecule has 0 saturated carbocycles.